The zero-order valence-electron chi connectivity index (χ0n) is 53.9. The maximum atomic E-state index is 12.9. The van der Waals surface area contributed by atoms with Crippen LogP contribution in [0.5, 0.6) is 0 Å². The molecule has 0 spiro atoms. The fraction of sp³-hybridized carbons (Fsp3) is 0.649. The van der Waals surface area contributed by atoms with Crippen molar-refractivity contribution >= 4 is 17.9 Å². The van der Waals surface area contributed by atoms with Gasteiger partial charge in [0.05, 0.1) is 0 Å². The maximum absolute atomic E-state index is 12.9. The molecule has 83 heavy (non-hydrogen) atoms. The van der Waals surface area contributed by atoms with E-state index in [0.29, 0.717) is 19.3 Å². The van der Waals surface area contributed by atoms with Gasteiger partial charge in [-0.3, -0.25) is 14.4 Å². The number of rotatable bonds is 61. The SMILES string of the molecule is CC/C=C\C/C=C\C/C=C\C/C=C\C/C=C\C/C=C\C/C=C\CCCC(=O)OC(COC(=O)CCCCCCC/C=C\C/C=C\C/C=C\CC)COC(=O)CCCCCCCCCCCCCCCCC/C=C\C/C=C\CCCCCCC. The van der Waals surface area contributed by atoms with Gasteiger partial charge in [0.2, 0.25) is 0 Å². The van der Waals surface area contributed by atoms with Crippen LogP contribution in [0.1, 0.15) is 303 Å². The van der Waals surface area contributed by atoms with Gasteiger partial charge in [0, 0.05) is 19.3 Å². The molecule has 1 unspecified atom stereocenters. The third-order valence-electron chi connectivity index (χ3n) is 14.3. The van der Waals surface area contributed by atoms with E-state index in [4.69, 9.17) is 14.2 Å². The number of hydrogen-bond donors (Lipinski definition) is 0. The lowest BCUT2D eigenvalue weighted by Crippen LogP contribution is -2.30. The highest BCUT2D eigenvalue weighted by Gasteiger charge is 2.19. The van der Waals surface area contributed by atoms with Gasteiger partial charge in [0.1, 0.15) is 13.2 Å². The fourth-order valence-electron chi connectivity index (χ4n) is 9.24. The van der Waals surface area contributed by atoms with Gasteiger partial charge < -0.3 is 14.2 Å². The quantitative estimate of drug-likeness (QED) is 0.0261. The lowest BCUT2D eigenvalue weighted by atomic mass is 10.0. The van der Waals surface area contributed by atoms with Crippen LogP contribution in [0.3, 0.4) is 0 Å². The first-order valence-corrected chi connectivity index (χ1v) is 34.3. The summed E-state index contributed by atoms with van der Waals surface area (Å²) in [6.45, 7) is 6.36. The molecule has 0 aromatic rings. The maximum Gasteiger partial charge on any atom is 0.306 e. The molecule has 1 atom stereocenters. The number of hydrogen-bond acceptors (Lipinski definition) is 6. The number of carbonyl (C=O) groups excluding carboxylic acids is 3. The highest BCUT2D eigenvalue weighted by Crippen LogP contribution is 2.16. The van der Waals surface area contributed by atoms with Crippen molar-refractivity contribution in [1.29, 1.82) is 0 Å². The Morgan fingerprint density at radius 1 is 0.253 bits per heavy atom. The summed E-state index contributed by atoms with van der Waals surface area (Å²) in [6.07, 6.45) is 100. The predicted octanol–water partition coefficient (Wildman–Crippen LogP) is 23.9. The Morgan fingerprint density at radius 2 is 0.482 bits per heavy atom. The minimum absolute atomic E-state index is 0.111. The molecule has 0 saturated carbocycles. The molecule has 0 saturated heterocycles. The molecule has 0 amide bonds. The summed E-state index contributed by atoms with van der Waals surface area (Å²) >= 11 is 0. The van der Waals surface area contributed by atoms with Crippen molar-refractivity contribution in [3.63, 3.8) is 0 Å². The van der Waals surface area contributed by atoms with Gasteiger partial charge in [-0.15, -0.1) is 0 Å². The predicted molar refractivity (Wildman–Crippen MR) is 362 cm³/mol. The topological polar surface area (TPSA) is 78.9 Å². The summed E-state index contributed by atoms with van der Waals surface area (Å²) in [5.41, 5.74) is 0. The van der Waals surface area contributed by atoms with Crippen LogP contribution in [0.4, 0.5) is 0 Å². The highest BCUT2D eigenvalue weighted by molar-refractivity contribution is 5.71. The molecule has 0 aliphatic heterocycles. The molecule has 0 radical (unpaired) electrons. The summed E-state index contributed by atoms with van der Waals surface area (Å²) in [7, 11) is 0. The molecule has 6 nitrogen and oxygen atoms in total. The van der Waals surface area contributed by atoms with Gasteiger partial charge in [0.25, 0.3) is 0 Å². The summed E-state index contributed by atoms with van der Waals surface area (Å²) < 4.78 is 16.9. The van der Waals surface area contributed by atoms with Gasteiger partial charge in [-0.05, 0) is 135 Å². The monoisotopic (exact) mass is 1150 g/mol. The van der Waals surface area contributed by atoms with E-state index in [1.54, 1.807) is 0 Å². The number of allylic oxidation sites excluding steroid dienone is 24. The lowest BCUT2D eigenvalue weighted by Gasteiger charge is -2.18. The van der Waals surface area contributed by atoms with Crippen LogP contribution >= 0.6 is 0 Å². The van der Waals surface area contributed by atoms with Crippen LogP contribution in [-0.4, -0.2) is 37.2 Å². The molecule has 0 fully saturated rings. The number of carbonyl (C=O) groups is 3. The molecule has 0 aromatic heterocycles. The number of esters is 3. The van der Waals surface area contributed by atoms with Crippen LogP contribution in [0, 0.1) is 0 Å². The van der Waals surface area contributed by atoms with E-state index in [1.165, 1.54) is 122 Å². The molecule has 0 N–H and O–H groups in total. The Bertz CT molecular complexity index is 1800. The average molecular weight is 1150 g/mol. The zero-order valence-corrected chi connectivity index (χ0v) is 53.9. The lowest BCUT2D eigenvalue weighted by molar-refractivity contribution is -0.167. The Balaban J connectivity index is 4.43. The summed E-state index contributed by atoms with van der Waals surface area (Å²) in [5.74, 6) is -0.985. The molecule has 6 heteroatoms. The van der Waals surface area contributed by atoms with Crippen molar-refractivity contribution in [2.45, 2.75) is 309 Å². The first kappa shape index (κ1) is 78.3. The molecule has 470 valence electrons. The van der Waals surface area contributed by atoms with E-state index in [-0.39, 0.29) is 37.5 Å². The van der Waals surface area contributed by atoms with Crippen LogP contribution < -0.4 is 0 Å². The van der Waals surface area contributed by atoms with Crippen molar-refractivity contribution in [2.75, 3.05) is 13.2 Å². The van der Waals surface area contributed by atoms with E-state index in [0.717, 1.165) is 135 Å². The standard InChI is InChI=1S/C77H126O6/c1-4-7-10-13-16-19-22-25-28-30-32-34-36-37-38-39-41-42-44-46-49-52-55-58-61-64-67-70-76(79)82-73-74(72-81-75(78)69-66-63-60-57-54-51-48-27-24-21-18-15-12-9-6-3)83-77(80)71-68-65-62-59-56-53-50-47-45-43-40-35-33-31-29-26-23-20-17-14-11-8-5-2/h8-9,11-12,17-18,20-22,25-27,29-30,32-33,35,43,45,48,50,53,59,62,74H,4-7,10,13-16,19,23-24,28,31,34,36-42,44,46-47,49,51-52,54-58,60-61,63-73H2,1-3H3/b11-8-,12-9-,20-17-,21-18-,25-22-,29-26-,32-30-,35-33-,45-43-,48-27-,53-50-,62-59-. The van der Waals surface area contributed by atoms with Crippen LogP contribution in [0.15, 0.2) is 146 Å². The van der Waals surface area contributed by atoms with Crippen molar-refractivity contribution in [2.24, 2.45) is 0 Å². The van der Waals surface area contributed by atoms with Crippen LogP contribution in [0.2, 0.25) is 0 Å². The van der Waals surface area contributed by atoms with Gasteiger partial charge >= 0.3 is 17.9 Å². The second kappa shape index (κ2) is 69.8. The van der Waals surface area contributed by atoms with Gasteiger partial charge in [-0.25, -0.2) is 0 Å². The summed E-state index contributed by atoms with van der Waals surface area (Å²) in [5, 5.41) is 0. The van der Waals surface area contributed by atoms with Gasteiger partial charge in [-0.2, -0.15) is 0 Å². The second-order valence-electron chi connectivity index (χ2n) is 22.3. The molecular formula is C77H126O6. The molecular weight excluding hydrogens is 1020 g/mol. The minimum Gasteiger partial charge on any atom is -0.462 e. The molecule has 0 aromatic carbocycles. The van der Waals surface area contributed by atoms with E-state index in [2.05, 4.69) is 167 Å². The second-order valence-corrected chi connectivity index (χ2v) is 22.3. The van der Waals surface area contributed by atoms with E-state index >= 15 is 0 Å². The van der Waals surface area contributed by atoms with Crippen molar-refractivity contribution < 1.29 is 28.6 Å². The largest absolute Gasteiger partial charge is 0.462 e. The van der Waals surface area contributed by atoms with Crippen molar-refractivity contribution in [3.8, 4) is 0 Å². The Labute approximate surface area is 512 Å². The first-order valence-electron chi connectivity index (χ1n) is 34.3. The molecule has 0 bridgehead atoms. The first-order chi connectivity index (χ1) is 41.0. The van der Waals surface area contributed by atoms with E-state index in [9.17, 15) is 14.4 Å². The van der Waals surface area contributed by atoms with Crippen molar-refractivity contribution in [3.05, 3.63) is 146 Å². The minimum atomic E-state index is -0.824. The normalized spacial score (nSPS) is 13.0. The third kappa shape index (κ3) is 68.0. The summed E-state index contributed by atoms with van der Waals surface area (Å²) in [4.78, 5) is 38.4. The van der Waals surface area contributed by atoms with Crippen LogP contribution in [-0.2, 0) is 28.6 Å². The van der Waals surface area contributed by atoms with Gasteiger partial charge in [-0.1, -0.05) is 295 Å². The highest BCUT2D eigenvalue weighted by atomic mass is 16.6. The zero-order chi connectivity index (χ0) is 59.9. The molecule has 0 rings (SSSR count). The van der Waals surface area contributed by atoms with Gasteiger partial charge in [0.15, 0.2) is 6.10 Å². The molecule has 0 aliphatic rings. The third-order valence-corrected chi connectivity index (χ3v) is 14.3. The van der Waals surface area contributed by atoms with E-state index in [1.807, 2.05) is 0 Å². The number of ether oxygens (including phenoxy) is 3. The Hall–Kier alpha value is -4.71. The Morgan fingerprint density at radius 3 is 0.771 bits per heavy atom. The van der Waals surface area contributed by atoms with Crippen LogP contribution in [0.25, 0.3) is 0 Å². The summed E-state index contributed by atoms with van der Waals surface area (Å²) in [6, 6.07) is 0. The number of unbranched alkanes of at least 4 members (excludes halogenated alkanes) is 26. The smallest absolute Gasteiger partial charge is 0.306 e. The van der Waals surface area contributed by atoms with Crippen molar-refractivity contribution in [1.82, 2.24) is 0 Å². The average Bonchev–Trinajstić information content (AvgIpc) is 3.49. The fourth-order valence-corrected chi connectivity index (χ4v) is 9.24. The molecule has 0 heterocycles. The van der Waals surface area contributed by atoms with E-state index < -0.39 is 6.10 Å². The molecule has 0 aliphatic carbocycles. The Kier molecular flexibility index (Phi) is 65.8.